The molecule has 3 N–H and O–H groups in total. The SMILES string of the molecule is CCOC(=O)[C@](C)(N)Cc1cc(I)c(Oc2cc(I)c(O)c(I)c2)c(I)c1. The summed E-state index contributed by atoms with van der Waals surface area (Å²) in [5.41, 5.74) is 6.00. The van der Waals surface area contributed by atoms with Crippen molar-refractivity contribution in [2.24, 2.45) is 5.73 Å². The number of phenolic OH excluding ortho intramolecular Hbond substituents is 1. The fourth-order valence-corrected chi connectivity index (χ4v) is 6.15. The van der Waals surface area contributed by atoms with Crippen LogP contribution >= 0.6 is 90.4 Å². The number of ether oxygens (including phenoxy) is 2. The zero-order chi connectivity index (χ0) is 20.4. The molecule has 0 aliphatic carbocycles. The number of rotatable bonds is 6. The Morgan fingerprint density at radius 3 is 2.07 bits per heavy atom. The Morgan fingerprint density at radius 1 is 1.07 bits per heavy atom. The Morgan fingerprint density at radius 2 is 1.59 bits per heavy atom. The lowest BCUT2D eigenvalue weighted by Gasteiger charge is -2.23. The van der Waals surface area contributed by atoms with Crippen molar-refractivity contribution in [1.82, 2.24) is 0 Å². The topological polar surface area (TPSA) is 81.8 Å². The highest BCUT2D eigenvalue weighted by molar-refractivity contribution is 14.1. The zero-order valence-corrected chi connectivity index (χ0v) is 23.1. The van der Waals surface area contributed by atoms with Crippen LogP contribution in [0.2, 0.25) is 0 Å². The Balaban J connectivity index is 2.28. The number of nitrogens with two attached hydrogens (primary N) is 1. The standard InChI is InChI=1S/C18H17I4NO4/c1-3-26-17(25)18(2,23)8-9-4-13(21)16(14(22)5-9)27-10-6-11(19)15(24)12(20)7-10/h4-7,24H,3,8,23H2,1-2H3/t18-/m1/s1. The third-order valence-electron chi connectivity index (χ3n) is 3.58. The molecule has 146 valence electrons. The third-order valence-corrected chi connectivity index (χ3v) is 6.83. The Labute approximate surface area is 212 Å². The first-order valence-electron chi connectivity index (χ1n) is 7.85. The van der Waals surface area contributed by atoms with Crippen LogP contribution in [0.25, 0.3) is 0 Å². The summed E-state index contributed by atoms with van der Waals surface area (Å²) in [7, 11) is 0. The molecule has 0 bridgehead atoms. The summed E-state index contributed by atoms with van der Waals surface area (Å²) in [5, 5.41) is 9.91. The second-order valence-electron chi connectivity index (χ2n) is 6.04. The Kier molecular flexibility index (Phi) is 8.70. The molecule has 0 amide bonds. The number of halogens is 4. The van der Waals surface area contributed by atoms with Gasteiger partial charge < -0.3 is 20.3 Å². The summed E-state index contributed by atoms with van der Waals surface area (Å²) >= 11 is 8.56. The predicted octanol–water partition coefficient (Wildman–Crippen LogP) is 5.43. The third kappa shape index (κ3) is 6.18. The van der Waals surface area contributed by atoms with Gasteiger partial charge in [-0.05, 0) is 134 Å². The number of phenols is 1. The van der Waals surface area contributed by atoms with Gasteiger partial charge in [-0.15, -0.1) is 0 Å². The van der Waals surface area contributed by atoms with Gasteiger partial charge in [0.2, 0.25) is 0 Å². The van der Waals surface area contributed by atoms with Gasteiger partial charge in [0.1, 0.15) is 17.0 Å². The molecule has 0 heterocycles. The van der Waals surface area contributed by atoms with E-state index in [1.165, 1.54) is 0 Å². The van der Waals surface area contributed by atoms with Crippen LogP contribution in [0.1, 0.15) is 19.4 Å². The second kappa shape index (κ2) is 9.93. The van der Waals surface area contributed by atoms with Crippen LogP contribution in [0.4, 0.5) is 0 Å². The molecule has 0 saturated carbocycles. The minimum Gasteiger partial charge on any atom is -0.506 e. The van der Waals surface area contributed by atoms with Crippen molar-refractivity contribution in [3.05, 3.63) is 44.1 Å². The van der Waals surface area contributed by atoms with Crippen molar-refractivity contribution in [3.63, 3.8) is 0 Å². The summed E-state index contributed by atoms with van der Waals surface area (Å²) in [4.78, 5) is 12.0. The summed E-state index contributed by atoms with van der Waals surface area (Å²) < 4.78 is 14.4. The summed E-state index contributed by atoms with van der Waals surface area (Å²) in [6.45, 7) is 3.74. The van der Waals surface area contributed by atoms with E-state index < -0.39 is 11.5 Å². The van der Waals surface area contributed by atoms with E-state index in [4.69, 9.17) is 15.2 Å². The first-order valence-corrected chi connectivity index (χ1v) is 12.2. The monoisotopic (exact) mass is 819 g/mol. The number of carbonyl (C=O) groups is 1. The van der Waals surface area contributed by atoms with Gasteiger partial charge in [-0.1, -0.05) is 0 Å². The van der Waals surface area contributed by atoms with E-state index in [1.54, 1.807) is 26.0 Å². The van der Waals surface area contributed by atoms with E-state index in [0.29, 0.717) is 18.8 Å². The normalized spacial score (nSPS) is 13.1. The smallest absolute Gasteiger partial charge is 0.326 e. The molecule has 0 spiro atoms. The maximum atomic E-state index is 12.0. The molecule has 2 aromatic rings. The first-order chi connectivity index (χ1) is 12.5. The lowest BCUT2D eigenvalue weighted by molar-refractivity contribution is -0.148. The van der Waals surface area contributed by atoms with Crippen LogP contribution in [0, 0.1) is 14.3 Å². The van der Waals surface area contributed by atoms with E-state index in [1.807, 2.05) is 12.1 Å². The van der Waals surface area contributed by atoms with Crippen LogP contribution in [0.5, 0.6) is 17.2 Å². The molecule has 0 unspecified atom stereocenters. The average molecular weight is 819 g/mol. The van der Waals surface area contributed by atoms with Crippen LogP contribution < -0.4 is 10.5 Å². The van der Waals surface area contributed by atoms with Gasteiger partial charge in [0.05, 0.1) is 20.9 Å². The van der Waals surface area contributed by atoms with Gasteiger partial charge in [-0.2, -0.15) is 0 Å². The molecule has 27 heavy (non-hydrogen) atoms. The van der Waals surface area contributed by atoms with Crippen LogP contribution in [-0.4, -0.2) is 23.2 Å². The van der Waals surface area contributed by atoms with Crippen molar-refractivity contribution >= 4 is 96.3 Å². The maximum Gasteiger partial charge on any atom is 0.326 e. The second-order valence-corrected chi connectivity index (χ2v) is 10.7. The van der Waals surface area contributed by atoms with Crippen molar-refractivity contribution < 1.29 is 19.4 Å². The average Bonchev–Trinajstić information content (AvgIpc) is 2.55. The quantitative estimate of drug-likeness (QED) is 0.301. The summed E-state index contributed by atoms with van der Waals surface area (Å²) in [5.74, 6) is 1.22. The number of hydrogen-bond donors (Lipinski definition) is 2. The molecule has 0 saturated heterocycles. The van der Waals surface area contributed by atoms with Gasteiger partial charge >= 0.3 is 5.97 Å². The fraction of sp³-hybridized carbons (Fsp3) is 0.278. The van der Waals surface area contributed by atoms with Crippen molar-refractivity contribution in [3.8, 4) is 17.2 Å². The van der Waals surface area contributed by atoms with Gasteiger partial charge in [-0.25, -0.2) is 0 Å². The van der Waals surface area contributed by atoms with Gasteiger partial charge in [0.25, 0.3) is 0 Å². The van der Waals surface area contributed by atoms with Crippen molar-refractivity contribution in [2.75, 3.05) is 6.61 Å². The Hall–Kier alpha value is 0.390. The lowest BCUT2D eigenvalue weighted by Crippen LogP contribution is -2.48. The van der Waals surface area contributed by atoms with Crippen LogP contribution in [0.3, 0.4) is 0 Å². The number of esters is 1. The van der Waals surface area contributed by atoms with E-state index in [9.17, 15) is 9.90 Å². The molecular weight excluding hydrogens is 802 g/mol. The van der Waals surface area contributed by atoms with E-state index >= 15 is 0 Å². The molecule has 1 atom stereocenters. The predicted molar refractivity (Wildman–Crippen MR) is 138 cm³/mol. The molecule has 2 aromatic carbocycles. The lowest BCUT2D eigenvalue weighted by atomic mass is 9.94. The molecule has 5 nitrogen and oxygen atoms in total. The van der Waals surface area contributed by atoms with Crippen LogP contribution in [-0.2, 0) is 16.0 Å². The molecule has 0 fully saturated rings. The molecule has 9 heteroatoms. The minimum absolute atomic E-state index is 0.254. The van der Waals surface area contributed by atoms with E-state index in [-0.39, 0.29) is 5.75 Å². The van der Waals surface area contributed by atoms with Gasteiger partial charge in [-0.3, -0.25) is 4.79 Å². The highest BCUT2D eigenvalue weighted by atomic mass is 127. The maximum absolute atomic E-state index is 12.0. The highest BCUT2D eigenvalue weighted by Gasteiger charge is 2.30. The van der Waals surface area contributed by atoms with Crippen molar-refractivity contribution in [1.29, 1.82) is 0 Å². The molecule has 0 radical (unpaired) electrons. The highest BCUT2D eigenvalue weighted by Crippen LogP contribution is 2.37. The molecule has 0 aromatic heterocycles. The molecular formula is C18H17I4NO4. The van der Waals surface area contributed by atoms with Gasteiger partial charge in [0, 0.05) is 6.42 Å². The summed E-state index contributed by atoms with van der Waals surface area (Å²) in [6.07, 6.45) is 0.368. The molecule has 0 aliphatic rings. The van der Waals surface area contributed by atoms with E-state index in [0.717, 1.165) is 25.6 Å². The van der Waals surface area contributed by atoms with Gasteiger partial charge in [0.15, 0.2) is 5.75 Å². The molecule has 0 aliphatic heterocycles. The van der Waals surface area contributed by atoms with Crippen molar-refractivity contribution in [2.45, 2.75) is 25.8 Å². The number of carbonyl (C=O) groups excluding carboxylic acids is 1. The van der Waals surface area contributed by atoms with E-state index in [2.05, 4.69) is 90.4 Å². The number of hydrogen-bond acceptors (Lipinski definition) is 5. The minimum atomic E-state index is -1.09. The first kappa shape index (κ1) is 23.7. The fourth-order valence-electron chi connectivity index (χ4n) is 2.32. The zero-order valence-electron chi connectivity index (χ0n) is 14.5. The Bertz CT molecular complexity index is 824. The molecule has 2 rings (SSSR count). The number of aromatic hydroxyl groups is 1. The largest absolute Gasteiger partial charge is 0.506 e. The summed E-state index contributed by atoms with van der Waals surface area (Å²) in [6, 6.07) is 7.49. The number of benzene rings is 2. The van der Waals surface area contributed by atoms with Crippen LogP contribution in [0.15, 0.2) is 24.3 Å².